The Labute approximate surface area is 108 Å². The predicted octanol–water partition coefficient (Wildman–Crippen LogP) is 2.83. The lowest BCUT2D eigenvalue weighted by molar-refractivity contribution is 0.0701. The van der Waals surface area contributed by atoms with Gasteiger partial charge in [-0.1, -0.05) is 18.2 Å². The molecule has 3 rings (SSSR count). The van der Waals surface area contributed by atoms with Crippen molar-refractivity contribution in [2.45, 2.75) is 19.4 Å². The second-order valence-corrected chi connectivity index (χ2v) is 5.22. The Morgan fingerprint density at radius 2 is 2.28 bits per heavy atom. The number of nitrogens with zero attached hydrogens (tertiary/aromatic N) is 1. The lowest BCUT2D eigenvalue weighted by Gasteiger charge is -2.06. The monoisotopic (exact) mass is 261 g/mol. The molecule has 1 aliphatic heterocycles. The summed E-state index contributed by atoms with van der Waals surface area (Å²) in [6.45, 7) is 1.71. The van der Waals surface area contributed by atoms with Gasteiger partial charge in [-0.15, -0.1) is 11.3 Å². The maximum Gasteiger partial charge on any atom is 0.347 e. The summed E-state index contributed by atoms with van der Waals surface area (Å²) in [4.78, 5) is 15.6. The lowest BCUT2D eigenvalue weighted by Crippen LogP contribution is -2.02. The van der Waals surface area contributed by atoms with Crippen LogP contribution in [0.4, 0.5) is 0 Å². The zero-order chi connectivity index (χ0) is 12.7. The number of fused-ring (bicyclic) bond motifs is 1. The van der Waals surface area contributed by atoms with Crippen LogP contribution in [-0.4, -0.2) is 16.1 Å². The molecular formula is C13H11NO3S. The van der Waals surface area contributed by atoms with Gasteiger partial charge in [-0.25, -0.2) is 9.78 Å². The molecule has 0 spiro atoms. The highest BCUT2D eigenvalue weighted by molar-refractivity contribution is 7.13. The van der Waals surface area contributed by atoms with E-state index < -0.39 is 5.97 Å². The van der Waals surface area contributed by atoms with Crippen LogP contribution in [0, 0.1) is 6.92 Å². The number of benzene rings is 1. The maximum atomic E-state index is 11.0. The summed E-state index contributed by atoms with van der Waals surface area (Å²) < 4.78 is 5.80. The van der Waals surface area contributed by atoms with Gasteiger partial charge in [-0.3, -0.25) is 0 Å². The number of thiazole rings is 1. The van der Waals surface area contributed by atoms with E-state index in [1.165, 1.54) is 11.3 Å². The zero-order valence-electron chi connectivity index (χ0n) is 9.71. The van der Waals surface area contributed by atoms with Crippen LogP contribution < -0.4 is 4.74 Å². The number of aryl methyl sites for hydroxylation is 1. The van der Waals surface area contributed by atoms with Gasteiger partial charge in [0.05, 0.1) is 5.69 Å². The third-order valence-corrected chi connectivity index (χ3v) is 4.17. The number of aromatic carboxylic acids is 1. The van der Waals surface area contributed by atoms with Gasteiger partial charge in [-0.05, 0) is 18.6 Å². The molecular weight excluding hydrogens is 250 g/mol. The first-order valence-electron chi connectivity index (χ1n) is 5.60. The van der Waals surface area contributed by atoms with Crippen molar-refractivity contribution in [3.05, 3.63) is 45.4 Å². The molecule has 0 radical (unpaired) electrons. The standard InChI is InChI=1S/C13H11NO3S/c1-7-11(13(15)16)18-12(14-7)10-6-8-4-2-3-5-9(8)17-10/h2-5,10H,6H2,1H3,(H,15,16). The number of rotatable bonds is 2. The first kappa shape index (κ1) is 11.2. The van der Waals surface area contributed by atoms with Gasteiger partial charge in [0.1, 0.15) is 15.6 Å². The molecule has 5 heteroatoms. The molecule has 0 aliphatic carbocycles. The molecule has 1 aromatic heterocycles. The normalized spacial score (nSPS) is 17.3. The molecule has 0 saturated carbocycles. The first-order chi connectivity index (χ1) is 8.65. The maximum absolute atomic E-state index is 11.0. The minimum atomic E-state index is -0.924. The van der Waals surface area contributed by atoms with E-state index in [0.29, 0.717) is 10.6 Å². The number of aromatic nitrogens is 1. The fourth-order valence-electron chi connectivity index (χ4n) is 2.07. The van der Waals surface area contributed by atoms with Crippen LogP contribution in [-0.2, 0) is 6.42 Å². The van der Waals surface area contributed by atoms with Gasteiger partial charge in [0.25, 0.3) is 0 Å². The average Bonchev–Trinajstić information content (AvgIpc) is 2.91. The zero-order valence-corrected chi connectivity index (χ0v) is 10.5. The van der Waals surface area contributed by atoms with Gasteiger partial charge in [0.2, 0.25) is 0 Å². The molecule has 1 aromatic carbocycles. The van der Waals surface area contributed by atoms with Crippen LogP contribution in [0.5, 0.6) is 5.75 Å². The Hall–Kier alpha value is -1.88. The molecule has 0 fully saturated rings. The first-order valence-corrected chi connectivity index (χ1v) is 6.42. The molecule has 0 amide bonds. The summed E-state index contributed by atoms with van der Waals surface area (Å²) in [5.74, 6) is -0.0565. The summed E-state index contributed by atoms with van der Waals surface area (Å²) in [6.07, 6.45) is 0.599. The van der Waals surface area contributed by atoms with E-state index in [0.717, 1.165) is 22.7 Å². The highest BCUT2D eigenvalue weighted by Crippen LogP contribution is 2.38. The predicted molar refractivity (Wildman–Crippen MR) is 67.3 cm³/mol. The molecule has 1 atom stereocenters. The molecule has 2 heterocycles. The van der Waals surface area contributed by atoms with Crippen LogP contribution in [0.3, 0.4) is 0 Å². The molecule has 1 aliphatic rings. The van der Waals surface area contributed by atoms with E-state index in [9.17, 15) is 4.79 Å². The lowest BCUT2D eigenvalue weighted by atomic mass is 10.1. The number of hydrogen-bond acceptors (Lipinski definition) is 4. The second kappa shape index (κ2) is 4.10. The molecule has 18 heavy (non-hydrogen) atoms. The summed E-state index contributed by atoms with van der Waals surface area (Å²) in [5, 5.41) is 9.76. The molecule has 0 bridgehead atoms. The van der Waals surface area contributed by atoms with Crippen LogP contribution >= 0.6 is 11.3 Å². The quantitative estimate of drug-likeness (QED) is 0.903. The minimum absolute atomic E-state index is 0.154. The SMILES string of the molecule is Cc1nc(C2Cc3ccccc3O2)sc1C(=O)O. The van der Waals surface area contributed by atoms with E-state index in [1.807, 2.05) is 24.3 Å². The third kappa shape index (κ3) is 1.76. The van der Waals surface area contributed by atoms with E-state index in [1.54, 1.807) is 6.92 Å². The molecule has 0 saturated heterocycles. The van der Waals surface area contributed by atoms with E-state index in [2.05, 4.69) is 4.98 Å². The Kier molecular flexibility index (Phi) is 2.56. The van der Waals surface area contributed by atoms with Crippen molar-refractivity contribution in [3.63, 3.8) is 0 Å². The van der Waals surface area contributed by atoms with E-state index in [4.69, 9.17) is 9.84 Å². The largest absolute Gasteiger partial charge is 0.483 e. The van der Waals surface area contributed by atoms with Crippen molar-refractivity contribution in [3.8, 4) is 5.75 Å². The number of hydrogen-bond donors (Lipinski definition) is 1. The van der Waals surface area contributed by atoms with Crippen molar-refractivity contribution >= 4 is 17.3 Å². The van der Waals surface area contributed by atoms with Gasteiger partial charge in [0, 0.05) is 6.42 Å². The number of ether oxygens (including phenoxy) is 1. The Morgan fingerprint density at radius 3 is 2.94 bits per heavy atom. The topological polar surface area (TPSA) is 59.4 Å². The molecule has 2 aromatic rings. The summed E-state index contributed by atoms with van der Waals surface area (Å²) in [5.41, 5.74) is 1.70. The molecule has 1 N–H and O–H groups in total. The number of para-hydroxylation sites is 1. The van der Waals surface area contributed by atoms with Crippen LogP contribution in [0.2, 0.25) is 0 Å². The highest BCUT2D eigenvalue weighted by atomic mass is 32.1. The van der Waals surface area contributed by atoms with Crippen molar-refractivity contribution < 1.29 is 14.6 Å². The number of carboxylic acid groups (broad SMARTS) is 1. The Balaban J connectivity index is 1.91. The van der Waals surface area contributed by atoms with Crippen LogP contribution in [0.25, 0.3) is 0 Å². The average molecular weight is 261 g/mol. The van der Waals surface area contributed by atoms with Gasteiger partial charge < -0.3 is 9.84 Å². The molecule has 4 nitrogen and oxygen atoms in total. The van der Waals surface area contributed by atoms with Gasteiger partial charge in [-0.2, -0.15) is 0 Å². The van der Waals surface area contributed by atoms with Crippen molar-refractivity contribution in [1.29, 1.82) is 0 Å². The Bertz CT molecular complexity index is 595. The number of carboxylic acids is 1. The molecule has 92 valence electrons. The summed E-state index contributed by atoms with van der Waals surface area (Å²) in [6, 6.07) is 7.85. The summed E-state index contributed by atoms with van der Waals surface area (Å²) >= 11 is 1.20. The number of carbonyl (C=O) groups is 1. The highest BCUT2D eigenvalue weighted by Gasteiger charge is 2.28. The van der Waals surface area contributed by atoms with Gasteiger partial charge in [0.15, 0.2) is 6.10 Å². The fraction of sp³-hybridized carbons (Fsp3) is 0.231. The van der Waals surface area contributed by atoms with Crippen molar-refractivity contribution in [2.75, 3.05) is 0 Å². The summed E-state index contributed by atoms with van der Waals surface area (Å²) in [7, 11) is 0. The van der Waals surface area contributed by atoms with Crippen LogP contribution in [0.15, 0.2) is 24.3 Å². The third-order valence-electron chi connectivity index (χ3n) is 2.93. The van der Waals surface area contributed by atoms with Crippen LogP contribution in [0.1, 0.15) is 32.0 Å². The van der Waals surface area contributed by atoms with Crippen molar-refractivity contribution in [1.82, 2.24) is 4.98 Å². The van der Waals surface area contributed by atoms with E-state index in [-0.39, 0.29) is 6.10 Å². The van der Waals surface area contributed by atoms with Crippen molar-refractivity contribution in [2.24, 2.45) is 0 Å². The van der Waals surface area contributed by atoms with E-state index >= 15 is 0 Å². The fourth-order valence-corrected chi connectivity index (χ4v) is 3.01. The molecule has 1 unspecified atom stereocenters. The second-order valence-electron chi connectivity index (χ2n) is 4.19. The Morgan fingerprint density at radius 1 is 1.50 bits per heavy atom. The van der Waals surface area contributed by atoms with Gasteiger partial charge >= 0.3 is 5.97 Å². The smallest absolute Gasteiger partial charge is 0.347 e. The minimum Gasteiger partial charge on any atom is -0.483 e.